The maximum absolute atomic E-state index is 12.7. The lowest BCUT2D eigenvalue weighted by molar-refractivity contribution is -0.167. The normalized spacial score (nSPS) is 12.4. The highest BCUT2D eigenvalue weighted by atomic mass is 16.6. The van der Waals surface area contributed by atoms with Crippen LogP contribution in [0.4, 0.5) is 0 Å². The number of esters is 3. The molecule has 0 aliphatic rings. The molecule has 6 nitrogen and oxygen atoms in total. The fourth-order valence-electron chi connectivity index (χ4n) is 6.80. The molecule has 0 aromatic rings. The van der Waals surface area contributed by atoms with E-state index in [0.717, 1.165) is 96.3 Å². The van der Waals surface area contributed by atoms with E-state index in [-0.39, 0.29) is 31.1 Å². The lowest BCUT2D eigenvalue weighted by Crippen LogP contribution is -2.30. The van der Waals surface area contributed by atoms with E-state index in [1.165, 1.54) is 109 Å². The summed E-state index contributed by atoms with van der Waals surface area (Å²) >= 11 is 0. The van der Waals surface area contributed by atoms with Crippen LogP contribution in [0.15, 0.2) is 48.6 Å². The molecule has 0 saturated heterocycles. The Morgan fingerprint density at radius 1 is 0.345 bits per heavy atom. The molecule has 0 aromatic heterocycles. The van der Waals surface area contributed by atoms with E-state index in [1.54, 1.807) is 0 Å². The molecule has 58 heavy (non-hydrogen) atoms. The number of carbonyl (C=O) groups excluding carboxylic acids is 3. The first-order chi connectivity index (χ1) is 28.5. The molecule has 0 N–H and O–H groups in total. The number of allylic oxidation sites excluding steroid dienone is 8. The second kappa shape index (κ2) is 47.1. The Morgan fingerprint density at radius 2 is 0.655 bits per heavy atom. The largest absolute Gasteiger partial charge is 0.462 e. The van der Waals surface area contributed by atoms with Gasteiger partial charge in [0.15, 0.2) is 6.10 Å². The van der Waals surface area contributed by atoms with Gasteiger partial charge in [-0.1, -0.05) is 198 Å². The van der Waals surface area contributed by atoms with Crippen LogP contribution in [0.3, 0.4) is 0 Å². The van der Waals surface area contributed by atoms with Gasteiger partial charge in [-0.3, -0.25) is 14.4 Å². The van der Waals surface area contributed by atoms with Crippen LogP contribution in [0.25, 0.3) is 0 Å². The first kappa shape index (κ1) is 55.4. The van der Waals surface area contributed by atoms with Crippen molar-refractivity contribution in [3.8, 4) is 0 Å². The second-order valence-corrected chi connectivity index (χ2v) is 16.4. The van der Waals surface area contributed by atoms with Gasteiger partial charge in [-0.15, -0.1) is 0 Å². The Hall–Kier alpha value is -2.63. The predicted octanol–water partition coefficient (Wildman–Crippen LogP) is 15.9. The van der Waals surface area contributed by atoms with Crippen molar-refractivity contribution in [2.45, 2.75) is 252 Å². The van der Waals surface area contributed by atoms with Crippen molar-refractivity contribution in [3.63, 3.8) is 0 Å². The average Bonchev–Trinajstić information content (AvgIpc) is 3.22. The minimum absolute atomic E-state index is 0.0801. The standard InChI is InChI=1S/C52H92O6/c1-4-7-10-13-16-18-20-22-23-24-25-26-27-28-29-31-32-34-36-39-42-45-51(54)57-48-49(47-56-50(53)44-41-38-15-12-9-6-3)58-52(55)46-43-40-37-35-33-30-21-19-17-14-11-8-5-2/h11,14,19-22,24-25,49H,4-10,12-13,15-18,23,26-48H2,1-3H3/b14-11-,21-19-,22-20-,25-24-. The zero-order valence-corrected chi connectivity index (χ0v) is 38.3. The van der Waals surface area contributed by atoms with Crippen LogP contribution in [0.2, 0.25) is 0 Å². The third kappa shape index (κ3) is 44.5. The van der Waals surface area contributed by atoms with Gasteiger partial charge in [-0.25, -0.2) is 0 Å². The summed E-state index contributed by atoms with van der Waals surface area (Å²) in [7, 11) is 0. The van der Waals surface area contributed by atoms with E-state index in [4.69, 9.17) is 14.2 Å². The summed E-state index contributed by atoms with van der Waals surface area (Å²) in [6.45, 7) is 6.49. The zero-order chi connectivity index (χ0) is 42.3. The van der Waals surface area contributed by atoms with E-state index in [0.29, 0.717) is 19.3 Å². The highest BCUT2D eigenvalue weighted by molar-refractivity contribution is 5.71. The number of unbranched alkanes of at least 4 members (excludes halogenated alkanes) is 25. The van der Waals surface area contributed by atoms with Crippen LogP contribution in [0, 0.1) is 0 Å². The molecule has 0 bridgehead atoms. The smallest absolute Gasteiger partial charge is 0.306 e. The van der Waals surface area contributed by atoms with Gasteiger partial charge in [0.25, 0.3) is 0 Å². The van der Waals surface area contributed by atoms with Crippen molar-refractivity contribution in [2.75, 3.05) is 13.2 Å². The first-order valence-corrected chi connectivity index (χ1v) is 24.6. The van der Waals surface area contributed by atoms with Gasteiger partial charge >= 0.3 is 17.9 Å². The van der Waals surface area contributed by atoms with Crippen LogP contribution in [-0.4, -0.2) is 37.2 Å². The van der Waals surface area contributed by atoms with Crippen molar-refractivity contribution < 1.29 is 28.6 Å². The number of rotatable bonds is 44. The highest BCUT2D eigenvalue weighted by Gasteiger charge is 2.19. The molecule has 1 atom stereocenters. The summed E-state index contributed by atoms with van der Waals surface area (Å²) in [5.74, 6) is -0.906. The van der Waals surface area contributed by atoms with Crippen LogP contribution in [0.1, 0.15) is 245 Å². The summed E-state index contributed by atoms with van der Waals surface area (Å²) in [4.78, 5) is 37.6. The second-order valence-electron chi connectivity index (χ2n) is 16.4. The monoisotopic (exact) mass is 813 g/mol. The van der Waals surface area contributed by atoms with Crippen LogP contribution in [0.5, 0.6) is 0 Å². The van der Waals surface area contributed by atoms with Crippen molar-refractivity contribution in [3.05, 3.63) is 48.6 Å². The van der Waals surface area contributed by atoms with E-state index in [9.17, 15) is 14.4 Å². The molecule has 0 saturated carbocycles. The number of hydrogen-bond donors (Lipinski definition) is 0. The number of carbonyl (C=O) groups is 3. The maximum Gasteiger partial charge on any atom is 0.306 e. The molecule has 0 aliphatic heterocycles. The summed E-state index contributed by atoms with van der Waals surface area (Å²) in [6.07, 6.45) is 55.5. The molecule has 0 aromatic carbocycles. The van der Waals surface area contributed by atoms with Crippen LogP contribution < -0.4 is 0 Å². The van der Waals surface area contributed by atoms with Crippen molar-refractivity contribution in [1.29, 1.82) is 0 Å². The van der Waals surface area contributed by atoms with Gasteiger partial charge in [0, 0.05) is 19.3 Å². The van der Waals surface area contributed by atoms with Crippen molar-refractivity contribution >= 4 is 17.9 Å². The van der Waals surface area contributed by atoms with Gasteiger partial charge in [-0.2, -0.15) is 0 Å². The molecule has 0 rings (SSSR count). The summed E-state index contributed by atoms with van der Waals surface area (Å²) in [5, 5.41) is 0. The van der Waals surface area contributed by atoms with Gasteiger partial charge in [0.1, 0.15) is 13.2 Å². The Kier molecular flexibility index (Phi) is 44.9. The van der Waals surface area contributed by atoms with Gasteiger partial charge in [0.05, 0.1) is 0 Å². The fourth-order valence-corrected chi connectivity index (χ4v) is 6.80. The first-order valence-electron chi connectivity index (χ1n) is 24.6. The Bertz CT molecular complexity index is 1030. The van der Waals surface area contributed by atoms with Crippen molar-refractivity contribution in [1.82, 2.24) is 0 Å². The van der Waals surface area contributed by atoms with Gasteiger partial charge in [-0.05, 0) is 77.0 Å². The predicted molar refractivity (Wildman–Crippen MR) is 247 cm³/mol. The van der Waals surface area contributed by atoms with E-state index >= 15 is 0 Å². The topological polar surface area (TPSA) is 78.9 Å². The molecule has 0 fully saturated rings. The molecule has 1 unspecified atom stereocenters. The van der Waals surface area contributed by atoms with Crippen LogP contribution >= 0.6 is 0 Å². The summed E-state index contributed by atoms with van der Waals surface area (Å²) in [5.41, 5.74) is 0. The lowest BCUT2D eigenvalue weighted by atomic mass is 10.1. The Morgan fingerprint density at radius 3 is 1.02 bits per heavy atom. The quantitative estimate of drug-likeness (QED) is 0.0264. The molecule has 0 radical (unpaired) electrons. The highest BCUT2D eigenvalue weighted by Crippen LogP contribution is 2.14. The van der Waals surface area contributed by atoms with E-state index in [1.807, 2.05) is 0 Å². The summed E-state index contributed by atoms with van der Waals surface area (Å²) in [6, 6.07) is 0. The van der Waals surface area contributed by atoms with E-state index < -0.39 is 6.10 Å². The van der Waals surface area contributed by atoms with Gasteiger partial charge < -0.3 is 14.2 Å². The zero-order valence-electron chi connectivity index (χ0n) is 38.3. The van der Waals surface area contributed by atoms with Gasteiger partial charge in [0.2, 0.25) is 0 Å². The molecule has 6 heteroatoms. The van der Waals surface area contributed by atoms with Crippen molar-refractivity contribution in [2.24, 2.45) is 0 Å². The molecular weight excluding hydrogens is 721 g/mol. The number of hydrogen-bond acceptors (Lipinski definition) is 6. The maximum atomic E-state index is 12.7. The fraction of sp³-hybridized carbons (Fsp3) is 0.788. The SMILES string of the molecule is CCC/C=C\C/C=C\CCCCCCCC(=O)OC(COC(=O)CCCCCCCC)COC(=O)CCCCCCCCCCC/C=C\C/C=C\CCCCCCC. The molecule has 0 spiro atoms. The molecule has 0 aliphatic carbocycles. The average molecular weight is 813 g/mol. The molecule has 0 amide bonds. The minimum Gasteiger partial charge on any atom is -0.462 e. The van der Waals surface area contributed by atoms with Crippen LogP contribution in [-0.2, 0) is 28.6 Å². The van der Waals surface area contributed by atoms with E-state index in [2.05, 4.69) is 69.4 Å². The third-order valence-corrected chi connectivity index (χ3v) is 10.5. The Balaban J connectivity index is 4.19. The summed E-state index contributed by atoms with van der Waals surface area (Å²) < 4.78 is 16.7. The number of ether oxygens (including phenoxy) is 3. The minimum atomic E-state index is -0.776. The molecular formula is C52H92O6. The Labute approximate surface area is 358 Å². The lowest BCUT2D eigenvalue weighted by Gasteiger charge is -2.18. The molecule has 336 valence electrons. The third-order valence-electron chi connectivity index (χ3n) is 10.5. The molecule has 0 heterocycles.